The minimum Gasteiger partial charge on any atom is -0.449 e. The molecule has 1 atom stereocenters. The molecule has 1 aromatic heterocycles. The van der Waals surface area contributed by atoms with E-state index in [-0.39, 0.29) is 42.4 Å². The summed E-state index contributed by atoms with van der Waals surface area (Å²) in [5, 5.41) is 2.50. The van der Waals surface area contributed by atoms with Crippen LogP contribution in [0.3, 0.4) is 0 Å². The summed E-state index contributed by atoms with van der Waals surface area (Å²) in [6, 6.07) is 14.6. The van der Waals surface area contributed by atoms with Gasteiger partial charge in [-0.15, -0.1) is 0 Å². The predicted molar refractivity (Wildman–Crippen MR) is 109 cm³/mol. The number of pyridine rings is 1. The maximum atomic E-state index is 14.6. The van der Waals surface area contributed by atoms with Crippen LogP contribution in [-0.2, 0) is 11.3 Å². The standard InChI is InChI=1S/C23H19F2N3O3/c24-16-9-7-15(8-10-16)14-28-19(21-17(22(28)29)4-3-5-18(21)25)11-13-31-23(30)27-20-6-1-2-12-26-20/h1-10,12,19H,11,13-14H2,(H,26,27,30). The van der Waals surface area contributed by atoms with Gasteiger partial charge in [-0.3, -0.25) is 10.1 Å². The van der Waals surface area contributed by atoms with E-state index in [1.807, 2.05) is 0 Å². The number of hydrogen-bond donors (Lipinski definition) is 1. The zero-order valence-corrected chi connectivity index (χ0v) is 16.4. The van der Waals surface area contributed by atoms with Gasteiger partial charge in [-0.05, 0) is 42.0 Å². The molecule has 0 spiro atoms. The van der Waals surface area contributed by atoms with Crippen LogP contribution in [0.25, 0.3) is 0 Å². The van der Waals surface area contributed by atoms with Crippen molar-refractivity contribution in [2.24, 2.45) is 0 Å². The average molecular weight is 423 g/mol. The summed E-state index contributed by atoms with van der Waals surface area (Å²) in [5.74, 6) is -0.843. The molecule has 31 heavy (non-hydrogen) atoms. The van der Waals surface area contributed by atoms with Gasteiger partial charge < -0.3 is 9.64 Å². The molecule has 3 aromatic rings. The van der Waals surface area contributed by atoms with E-state index >= 15 is 0 Å². The van der Waals surface area contributed by atoms with Gasteiger partial charge in [0.15, 0.2) is 0 Å². The van der Waals surface area contributed by atoms with Crippen molar-refractivity contribution in [3.05, 3.63) is 95.2 Å². The monoisotopic (exact) mass is 423 g/mol. The number of halogens is 2. The maximum Gasteiger partial charge on any atom is 0.412 e. The summed E-state index contributed by atoms with van der Waals surface area (Å²) in [6.45, 7) is 0.141. The molecule has 0 saturated heterocycles. The van der Waals surface area contributed by atoms with Gasteiger partial charge in [0.2, 0.25) is 0 Å². The van der Waals surface area contributed by atoms with E-state index in [0.717, 1.165) is 0 Å². The second kappa shape index (κ2) is 8.91. The number of amides is 2. The van der Waals surface area contributed by atoms with Gasteiger partial charge in [-0.2, -0.15) is 0 Å². The molecule has 6 nitrogen and oxygen atoms in total. The Morgan fingerprint density at radius 2 is 1.87 bits per heavy atom. The number of hydrogen-bond acceptors (Lipinski definition) is 4. The van der Waals surface area contributed by atoms with Crippen molar-refractivity contribution in [1.29, 1.82) is 0 Å². The number of aromatic nitrogens is 1. The van der Waals surface area contributed by atoms with Crippen molar-refractivity contribution in [3.8, 4) is 0 Å². The summed E-state index contributed by atoms with van der Waals surface area (Å²) >= 11 is 0. The second-order valence-corrected chi connectivity index (χ2v) is 7.04. The van der Waals surface area contributed by atoms with Crippen LogP contribution in [0.1, 0.15) is 33.9 Å². The lowest BCUT2D eigenvalue weighted by Crippen LogP contribution is -2.29. The third-order valence-corrected chi connectivity index (χ3v) is 5.04. The fourth-order valence-corrected chi connectivity index (χ4v) is 3.62. The number of nitrogens with one attached hydrogen (secondary N) is 1. The summed E-state index contributed by atoms with van der Waals surface area (Å²) < 4.78 is 33.0. The Morgan fingerprint density at radius 1 is 1.06 bits per heavy atom. The Labute approximate surface area is 177 Å². The van der Waals surface area contributed by atoms with Gasteiger partial charge in [0, 0.05) is 30.3 Å². The van der Waals surface area contributed by atoms with Gasteiger partial charge in [-0.25, -0.2) is 18.6 Å². The number of carbonyl (C=O) groups excluding carboxylic acids is 2. The molecule has 1 aliphatic heterocycles. The Balaban J connectivity index is 1.47. The van der Waals surface area contributed by atoms with Crippen LogP contribution in [0.2, 0.25) is 0 Å². The third kappa shape index (κ3) is 4.53. The van der Waals surface area contributed by atoms with Crippen molar-refractivity contribution in [3.63, 3.8) is 0 Å². The van der Waals surface area contributed by atoms with Gasteiger partial charge >= 0.3 is 6.09 Å². The lowest BCUT2D eigenvalue weighted by atomic mass is 10.0. The van der Waals surface area contributed by atoms with Gasteiger partial charge in [0.05, 0.1) is 12.6 Å². The highest BCUT2D eigenvalue weighted by molar-refractivity contribution is 5.99. The largest absolute Gasteiger partial charge is 0.449 e. The summed E-state index contributed by atoms with van der Waals surface area (Å²) in [4.78, 5) is 30.4. The Kier molecular flexibility index (Phi) is 5.88. The van der Waals surface area contributed by atoms with Crippen LogP contribution in [0.4, 0.5) is 19.4 Å². The molecule has 1 unspecified atom stereocenters. The smallest absolute Gasteiger partial charge is 0.412 e. The number of benzene rings is 2. The molecule has 4 rings (SSSR count). The SMILES string of the molecule is O=C(Nc1ccccn1)OCCC1c2c(F)cccc2C(=O)N1Cc1ccc(F)cc1. The van der Waals surface area contributed by atoms with Gasteiger partial charge in [0.25, 0.3) is 5.91 Å². The first kappa shape index (κ1) is 20.5. The van der Waals surface area contributed by atoms with E-state index in [0.29, 0.717) is 11.4 Å². The van der Waals surface area contributed by atoms with Crippen LogP contribution >= 0.6 is 0 Å². The van der Waals surface area contributed by atoms with E-state index in [4.69, 9.17) is 4.74 Å². The molecule has 158 valence electrons. The minimum absolute atomic E-state index is 0.0374. The number of rotatable bonds is 6. The highest BCUT2D eigenvalue weighted by atomic mass is 19.1. The molecule has 0 fully saturated rings. The fraction of sp³-hybridized carbons (Fsp3) is 0.174. The van der Waals surface area contributed by atoms with Crippen LogP contribution < -0.4 is 5.32 Å². The van der Waals surface area contributed by atoms with Crippen molar-refractivity contribution in [1.82, 2.24) is 9.88 Å². The first-order valence-electron chi connectivity index (χ1n) is 9.71. The zero-order chi connectivity index (χ0) is 21.8. The maximum absolute atomic E-state index is 14.6. The highest BCUT2D eigenvalue weighted by Gasteiger charge is 2.38. The van der Waals surface area contributed by atoms with Crippen molar-refractivity contribution in [2.45, 2.75) is 19.0 Å². The quantitative estimate of drug-likeness (QED) is 0.624. The molecule has 2 aromatic carbocycles. The molecule has 1 N–H and O–H groups in total. The van der Waals surface area contributed by atoms with E-state index in [2.05, 4.69) is 10.3 Å². The van der Waals surface area contributed by atoms with Crippen molar-refractivity contribution in [2.75, 3.05) is 11.9 Å². The molecule has 0 bridgehead atoms. The van der Waals surface area contributed by atoms with E-state index in [1.54, 1.807) is 36.4 Å². The normalized spacial score (nSPS) is 15.0. The van der Waals surface area contributed by atoms with Crippen LogP contribution in [0.5, 0.6) is 0 Å². The molecule has 0 aliphatic carbocycles. The third-order valence-electron chi connectivity index (χ3n) is 5.04. The van der Waals surface area contributed by atoms with Gasteiger partial charge in [-0.1, -0.05) is 24.3 Å². The summed E-state index contributed by atoms with van der Waals surface area (Å²) in [5.41, 5.74) is 1.27. The number of carbonyl (C=O) groups is 2. The van der Waals surface area contributed by atoms with Crippen LogP contribution in [0.15, 0.2) is 66.9 Å². The molecule has 2 heterocycles. The molecule has 2 amide bonds. The first-order valence-corrected chi connectivity index (χ1v) is 9.71. The molecule has 0 saturated carbocycles. The first-order chi connectivity index (χ1) is 15.0. The highest BCUT2D eigenvalue weighted by Crippen LogP contribution is 2.38. The number of ether oxygens (including phenoxy) is 1. The zero-order valence-electron chi connectivity index (χ0n) is 16.4. The lowest BCUT2D eigenvalue weighted by Gasteiger charge is -2.25. The van der Waals surface area contributed by atoms with Crippen molar-refractivity contribution >= 4 is 17.8 Å². The summed E-state index contributed by atoms with van der Waals surface area (Å²) in [6.07, 6.45) is 1.05. The molecule has 8 heteroatoms. The van der Waals surface area contributed by atoms with Crippen molar-refractivity contribution < 1.29 is 23.1 Å². The molecular formula is C23H19F2N3O3. The second-order valence-electron chi connectivity index (χ2n) is 7.04. The minimum atomic E-state index is -0.693. The van der Waals surface area contributed by atoms with E-state index < -0.39 is 18.0 Å². The molecule has 1 aliphatic rings. The molecular weight excluding hydrogens is 404 g/mol. The van der Waals surface area contributed by atoms with Gasteiger partial charge in [0.1, 0.15) is 17.5 Å². The topological polar surface area (TPSA) is 71.5 Å². The Hall–Kier alpha value is -3.81. The van der Waals surface area contributed by atoms with Crippen LogP contribution in [0, 0.1) is 11.6 Å². The number of anilines is 1. The average Bonchev–Trinajstić information content (AvgIpc) is 3.03. The number of fused-ring (bicyclic) bond motifs is 1. The Bertz CT molecular complexity index is 1090. The predicted octanol–water partition coefficient (Wildman–Crippen LogP) is 4.70. The van der Waals surface area contributed by atoms with E-state index in [9.17, 15) is 18.4 Å². The molecule has 0 radical (unpaired) electrons. The fourth-order valence-electron chi connectivity index (χ4n) is 3.62. The lowest BCUT2D eigenvalue weighted by molar-refractivity contribution is 0.0676. The number of nitrogens with zero attached hydrogens (tertiary/aromatic N) is 2. The van der Waals surface area contributed by atoms with Crippen LogP contribution in [-0.4, -0.2) is 28.5 Å². The Morgan fingerprint density at radius 3 is 2.61 bits per heavy atom. The summed E-state index contributed by atoms with van der Waals surface area (Å²) in [7, 11) is 0. The van der Waals surface area contributed by atoms with E-state index in [1.165, 1.54) is 35.4 Å².